The van der Waals surface area contributed by atoms with Crippen LogP contribution in [-0.2, 0) is 17.6 Å². The van der Waals surface area contributed by atoms with Crippen molar-refractivity contribution in [3.63, 3.8) is 0 Å². The summed E-state index contributed by atoms with van der Waals surface area (Å²) in [6.07, 6.45) is 7.81. The van der Waals surface area contributed by atoms with E-state index in [0.717, 1.165) is 42.7 Å². The Morgan fingerprint density at radius 2 is 1.59 bits per heavy atom. The predicted octanol–water partition coefficient (Wildman–Crippen LogP) is 6.62. The maximum Gasteiger partial charge on any atom is 0.407 e. The van der Waals surface area contributed by atoms with Gasteiger partial charge in [-0.25, -0.2) is 9.59 Å². The van der Waals surface area contributed by atoms with E-state index in [-0.39, 0.29) is 24.5 Å². The van der Waals surface area contributed by atoms with Crippen molar-refractivity contribution in [2.24, 2.45) is 5.92 Å². The Labute approximate surface area is 281 Å². The first-order valence-electron chi connectivity index (χ1n) is 16.9. The zero-order valence-electron chi connectivity index (χ0n) is 26.4. The van der Waals surface area contributed by atoms with Gasteiger partial charge in [-0.2, -0.15) is 0 Å². The second kappa shape index (κ2) is 14.8. The van der Waals surface area contributed by atoms with Gasteiger partial charge in [-0.3, -0.25) is 4.79 Å². The quantitative estimate of drug-likeness (QED) is 0.360. The lowest BCUT2D eigenvalue weighted by Gasteiger charge is -2.46. The Morgan fingerprint density at radius 3 is 2.30 bits per heavy atom. The lowest BCUT2D eigenvalue weighted by atomic mass is 9.82. The fraction of sp³-hybridized carbons (Fsp3) is 0.571. The third-order valence-electron chi connectivity index (χ3n) is 10.6. The highest BCUT2D eigenvalue weighted by molar-refractivity contribution is 6.42. The summed E-state index contributed by atoms with van der Waals surface area (Å²) in [5.41, 5.74) is 2.72. The van der Waals surface area contributed by atoms with E-state index in [4.69, 9.17) is 23.2 Å². The number of carbonyl (C=O) groups excluding carboxylic acids is 2. The number of para-hydroxylation sites is 1. The topological polar surface area (TPSA) is 96.4 Å². The van der Waals surface area contributed by atoms with Crippen LogP contribution in [0.3, 0.4) is 0 Å². The van der Waals surface area contributed by atoms with Crippen LogP contribution in [0, 0.1) is 5.92 Å². The molecule has 0 aromatic heterocycles. The fourth-order valence-electron chi connectivity index (χ4n) is 8.07. The molecule has 4 aliphatic rings. The number of hydrogen-bond acceptors (Lipinski definition) is 4. The Morgan fingerprint density at radius 1 is 0.870 bits per heavy atom. The van der Waals surface area contributed by atoms with Gasteiger partial charge in [0.05, 0.1) is 16.0 Å². The number of urea groups is 1. The van der Waals surface area contributed by atoms with Crippen molar-refractivity contribution in [1.82, 2.24) is 19.6 Å². The van der Waals surface area contributed by atoms with Gasteiger partial charge in [-0.15, -0.1) is 0 Å². The normalized spacial score (nSPS) is 24.0. The number of carboxylic acid groups (broad SMARTS) is 1. The summed E-state index contributed by atoms with van der Waals surface area (Å²) in [4.78, 5) is 48.6. The summed E-state index contributed by atoms with van der Waals surface area (Å²) in [5, 5.41) is 14.3. The van der Waals surface area contributed by atoms with E-state index >= 15 is 0 Å². The van der Waals surface area contributed by atoms with Gasteiger partial charge < -0.3 is 30.0 Å². The zero-order chi connectivity index (χ0) is 32.2. The molecule has 0 aliphatic carbocycles. The molecule has 3 saturated heterocycles. The minimum absolute atomic E-state index is 0.0231. The molecule has 3 atom stereocenters. The van der Waals surface area contributed by atoms with Gasteiger partial charge in [-0.05, 0) is 93.8 Å². The molecule has 2 unspecified atom stereocenters. The molecule has 4 amide bonds. The van der Waals surface area contributed by atoms with Gasteiger partial charge >= 0.3 is 12.1 Å². The number of nitrogens with zero attached hydrogens (tertiary/aromatic N) is 4. The minimum atomic E-state index is -1.04. The van der Waals surface area contributed by atoms with Crippen molar-refractivity contribution in [3.05, 3.63) is 63.6 Å². The van der Waals surface area contributed by atoms with Crippen molar-refractivity contribution in [3.8, 4) is 0 Å². The molecule has 11 heteroatoms. The Bertz CT molecular complexity index is 1410. The van der Waals surface area contributed by atoms with Crippen molar-refractivity contribution in [1.29, 1.82) is 0 Å². The van der Waals surface area contributed by atoms with Crippen LogP contribution in [0.25, 0.3) is 0 Å². The molecule has 248 valence electrons. The third-order valence-corrected chi connectivity index (χ3v) is 11.3. The highest BCUT2D eigenvalue weighted by atomic mass is 35.5. The molecular formula is C35H45Cl2N5O4. The third kappa shape index (κ3) is 7.42. The van der Waals surface area contributed by atoms with E-state index in [2.05, 4.69) is 10.2 Å². The monoisotopic (exact) mass is 669 g/mol. The molecule has 0 spiro atoms. The first-order valence-corrected chi connectivity index (χ1v) is 17.7. The number of fused-ring (bicyclic) bond motifs is 1. The van der Waals surface area contributed by atoms with Crippen molar-refractivity contribution >= 4 is 46.9 Å². The summed E-state index contributed by atoms with van der Waals surface area (Å²) in [6, 6.07) is 12.7. The number of benzene rings is 2. The summed E-state index contributed by atoms with van der Waals surface area (Å²) in [5.74, 6) is -0.650. The van der Waals surface area contributed by atoms with Crippen LogP contribution in [0.4, 0.5) is 15.3 Å². The summed E-state index contributed by atoms with van der Waals surface area (Å²) < 4.78 is 0. The SMILES string of the molecule is O=C(C(Cc1ccc(Cl)c(Cl)c1)[C@H]1CC(N2CCc3ccccc3NC2=O)CCN1C(=O)O)N1CCC(N2CCCCCC2)CC1. The number of nitrogens with one attached hydrogen (secondary N) is 1. The molecule has 46 heavy (non-hydrogen) atoms. The average Bonchev–Trinajstić information content (AvgIpc) is 3.44. The number of amides is 4. The van der Waals surface area contributed by atoms with Crippen LogP contribution >= 0.6 is 23.2 Å². The van der Waals surface area contributed by atoms with Gasteiger partial charge in [0.1, 0.15) is 0 Å². The van der Waals surface area contributed by atoms with Crippen LogP contribution in [0.5, 0.6) is 0 Å². The maximum atomic E-state index is 14.6. The van der Waals surface area contributed by atoms with Gasteiger partial charge in [0.2, 0.25) is 5.91 Å². The second-order valence-electron chi connectivity index (χ2n) is 13.3. The molecule has 3 fully saturated rings. The number of anilines is 1. The Balaban J connectivity index is 1.24. The molecule has 2 N–H and O–H groups in total. The lowest BCUT2D eigenvalue weighted by molar-refractivity contribution is -0.140. The molecule has 9 nitrogen and oxygen atoms in total. The van der Waals surface area contributed by atoms with E-state index in [1.54, 1.807) is 12.1 Å². The molecule has 4 aliphatic heterocycles. The van der Waals surface area contributed by atoms with Crippen LogP contribution in [-0.4, -0.2) is 100 Å². The van der Waals surface area contributed by atoms with Crippen LogP contribution in [0.15, 0.2) is 42.5 Å². The molecule has 2 aromatic carbocycles. The minimum Gasteiger partial charge on any atom is -0.465 e. The van der Waals surface area contributed by atoms with E-state index in [1.165, 1.54) is 30.6 Å². The van der Waals surface area contributed by atoms with Gasteiger partial charge in [-0.1, -0.05) is 60.3 Å². The van der Waals surface area contributed by atoms with E-state index in [1.807, 2.05) is 40.1 Å². The first-order chi connectivity index (χ1) is 22.3. The fourth-order valence-corrected chi connectivity index (χ4v) is 8.39. The molecule has 4 heterocycles. The second-order valence-corrected chi connectivity index (χ2v) is 14.1. The number of carbonyl (C=O) groups is 3. The highest BCUT2D eigenvalue weighted by Crippen LogP contribution is 2.34. The molecular weight excluding hydrogens is 625 g/mol. The number of rotatable bonds is 6. The average molecular weight is 671 g/mol. The van der Waals surface area contributed by atoms with Gasteiger partial charge in [0.25, 0.3) is 0 Å². The standard InChI is InChI=1S/C35H45Cl2N5O4/c36-29-10-9-24(22-30(29)37)21-28(33(43)40-17-12-26(13-18-40)39-15-5-1-2-6-16-39)32-23-27(14-20-42(32)35(45)46)41-19-11-25-7-3-4-8-31(25)38-34(41)44/h3-4,7-10,22,26-28,32H,1-2,5-6,11-21,23H2,(H,38,44)(H,45,46)/t27?,28?,32-/m1/s1. The van der Waals surface area contributed by atoms with Crippen molar-refractivity contribution in [2.45, 2.75) is 82.3 Å². The highest BCUT2D eigenvalue weighted by Gasteiger charge is 2.44. The van der Waals surface area contributed by atoms with Crippen molar-refractivity contribution < 1.29 is 19.5 Å². The lowest BCUT2D eigenvalue weighted by Crippen LogP contribution is -2.59. The number of likely N-dealkylation sites (tertiary alicyclic amines) is 3. The van der Waals surface area contributed by atoms with Gasteiger partial charge in [0.15, 0.2) is 0 Å². The molecule has 0 bridgehead atoms. The molecule has 6 rings (SSSR count). The van der Waals surface area contributed by atoms with Crippen molar-refractivity contribution in [2.75, 3.05) is 44.6 Å². The predicted molar refractivity (Wildman–Crippen MR) is 181 cm³/mol. The van der Waals surface area contributed by atoms with Gasteiger partial charge in [0, 0.05) is 50.0 Å². The first kappa shape index (κ1) is 32.9. The molecule has 0 saturated carbocycles. The smallest absolute Gasteiger partial charge is 0.407 e. The Kier molecular flexibility index (Phi) is 10.6. The number of halogens is 2. The largest absolute Gasteiger partial charge is 0.465 e. The summed E-state index contributed by atoms with van der Waals surface area (Å²) >= 11 is 12.6. The van der Waals surface area contributed by atoms with Crippen LogP contribution in [0.1, 0.15) is 62.5 Å². The maximum absolute atomic E-state index is 14.6. The summed E-state index contributed by atoms with van der Waals surface area (Å²) in [6.45, 7) is 4.36. The molecule has 0 radical (unpaired) electrons. The Hall–Kier alpha value is -3.01. The van der Waals surface area contributed by atoms with Crippen LogP contribution < -0.4 is 5.32 Å². The van der Waals surface area contributed by atoms with E-state index in [9.17, 15) is 19.5 Å². The number of hydrogen-bond donors (Lipinski definition) is 2. The van der Waals surface area contributed by atoms with Crippen LogP contribution in [0.2, 0.25) is 10.0 Å². The van der Waals surface area contributed by atoms with E-state index in [0.29, 0.717) is 61.4 Å². The zero-order valence-corrected chi connectivity index (χ0v) is 27.9. The van der Waals surface area contributed by atoms with E-state index < -0.39 is 18.1 Å². The summed E-state index contributed by atoms with van der Waals surface area (Å²) in [7, 11) is 0. The molecule has 2 aromatic rings. The number of piperidine rings is 2.